The van der Waals surface area contributed by atoms with Crippen LogP contribution in [0.3, 0.4) is 0 Å². The van der Waals surface area contributed by atoms with Gasteiger partial charge >= 0.3 is 0 Å². The predicted octanol–water partition coefficient (Wildman–Crippen LogP) is 23.5. The lowest BCUT2D eigenvalue weighted by molar-refractivity contribution is -0.116. The van der Waals surface area contributed by atoms with Gasteiger partial charge in [0.25, 0.3) is 0 Å². The van der Waals surface area contributed by atoms with Crippen molar-refractivity contribution in [2.45, 2.75) is 89.5 Å². The number of amides is 3. The Kier molecular flexibility index (Phi) is 21.3. The van der Waals surface area contributed by atoms with E-state index in [4.69, 9.17) is 42.9 Å². The van der Waals surface area contributed by atoms with Gasteiger partial charge < -0.3 is 58.8 Å². The van der Waals surface area contributed by atoms with Gasteiger partial charge in [-0.3, -0.25) is 19.2 Å². The molecular weight excluding hydrogens is 1540 g/mol. The Hall–Kier alpha value is -15.8. The molecule has 6 aromatic heterocycles. The Morgan fingerprint density at radius 3 is 0.653 bits per heavy atom. The summed E-state index contributed by atoms with van der Waals surface area (Å²) in [7, 11) is 0. The summed E-state index contributed by atoms with van der Waals surface area (Å²) in [6, 6.07) is 64.6. The van der Waals surface area contributed by atoms with Crippen LogP contribution in [-0.4, -0.2) is 63.4 Å². The van der Waals surface area contributed by atoms with Gasteiger partial charge in [-0.05, 0) is 256 Å². The highest BCUT2D eigenvalue weighted by atomic mass is 16.2. The van der Waals surface area contributed by atoms with Crippen molar-refractivity contribution >= 4 is 156 Å². The fourth-order valence-electron chi connectivity index (χ4n) is 17.1. The number of ketones is 1. The monoisotopic (exact) mass is 1630 g/mol. The van der Waals surface area contributed by atoms with E-state index in [1.807, 2.05) is 192 Å². The van der Waals surface area contributed by atoms with Gasteiger partial charge in [0.05, 0.1) is 45.6 Å². The summed E-state index contributed by atoms with van der Waals surface area (Å²) in [5.41, 5.74) is 65.7. The summed E-state index contributed by atoms with van der Waals surface area (Å²) in [5.74, 6) is -0.621. The molecule has 0 saturated heterocycles. The summed E-state index contributed by atoms with van der Waals surface area (Å²) < 4.78 is 0. The zero-order valence-electron chi connectivity index (χ0n) is 71.0. The first-order valence-electron chi connectivity index (χ1n) is 41.2. The Morgan fingerprint density at radius 1 is 0.250 bits per heavy atom. The average molecular weight is 1630 g/mol. The number of carbonyl (C=O) groups excluding carboxylic acids is 4. The first-order chi connectivity index (χ1) is 59.6. The van der Waals surface area contributed by atoms with Crippen LogP contribution in [0.5, 0.6) is 0 Å². The van der Waals surface area contributed by atoms with Gasteiger partial charge in [-0.2, -0.15) is 0 Å². The van der Waals surface area contributed by atoms with Gasteiger partial charge in [0, 0.05) is 195 Å². The second kappa shape index (κ2) is 32.8. The lowest BCUT2D eigenvalue weighted by atomic mass is 9.93. The minimum Gasteiger partial charge on any atom is -0.398 e. The average Bonchev–Trinajstić information content (AvgIpc) is 1.60. The number of anilines is 7. The van der Waals surface area contributed by atoms with Crippen LogP contribution in [0.2, 0.25) is 0 Å². The molecule has 0 aliphatic carbocycles. The van der Waals surface area contributed by atoms with E-state index in [1.54, 1.807) is 6.92 Å². The van der Waals surface area contributed by atoms with E-state index in [2.05, 4.69) is 142 Å². The summed E-state index contributed by atoms with van der Waals surface area (Å²) in [4.78, 5) is 88.0. The number of H-pyrrole nitrogens is 4. The van der Waals surface area contributed by atoms with Gasteiger partial charge in [-0.15, -0.1) is 0 Å². The molecule has 124 heavy (non-hydrogen) atoms. The molecule has 0 unspecified atom stereocenters. The summed E-state index contributed by atoms with van der Waals surface area (Å²) in [6.45, 7) is 22.4. The number of hydrogen-bond acceptors (Lipinski definition) is 12. The van der Waals surface area contributed by atoms with Crippen molar-refractivity contribution in [2.75, 3.05) is 38.9 Å². The Morgan fingerprint density at radius 2 is 0.435 bits per heavy atom. The highest BCUT2D eigenvalue weighted by Crippen LogP contribution is 2.47. The molecule has 0 fully saturated rings. The number of hydrogen-bond donors (Lipinski definition) is 11. The molecule has 8 aromatic carbocycles. The third kappa shape index (κ3) is 15.9. The van der Waals surface area contributed by atoms with Crippen LogP contribution in [0.1, 0.15) is 123 Å². The maximum atomic E-state index is 12.9. The van der Waals surface area contributed by atoms with Crippen LogP contribution < -0.4 is 38.9 Å². The minimum atomic E-state index is -0.218. The number of aromatic nitrogens is 8. The molecule has 4 aliphatic heterocycles. The molecule has 612 valence electrons. The number of nitrogens with zero attached hydrogens (tertiary/aromatic N) is 4. The molecule has 19 nitrogen and oxygen atoms in total. The van der Waals surface area contributed by atoms with E-state index < -0.39 is 0 Å². The maximum Gasteiger partial charge on any atom is 0.221 e. The molecule has 19 heteroatoms. The number of benzene rings is 8. The standard InChI is InChI=1S/C57H51N7O4.C48H42N8/c1-30-9-13-38(29-34(5)65)39(25-30)54-46-17-19-48(61-46)55(40-26-31(2)10-14-43(40)58-35(6)66)50-21-23-52(63-50)57(42-28-33(4)12-16-45(42)60-37(8)68)53-24-22-51(64-53)56(49-20-18-47(54)62-49)41-27-32(3)11-15-44(41)59-36(7)67;1-25-5-9-33(49)29(21-25)45-37-13-15-39(53-37)46(30-22-26(2)6-10-34(30)50)41-17-19-43(55-41)48(32-24-28(4)8-12-36(32)52)44-20-18-42(56-44)47(40-16-14-38(45)54-40)31-23-27(3)7-11-35(31)51/h9-28,61,64H,29H2,1-8H3,(H,58,66)(H,59,67)(H,60,68);5-24,53,56H,49-52H2,1-4H3. The smallest absolute Gasteiger partial charge is 0.221 e. The summed E-state index contributed by atoms with van der Waals surface area (Å²) in [5, 5.41) is 9.19. The van der Waals surface area contributed by atoms with Crippen LogP contribution >= 0.6 is 0 Å². The number of rotatable bonds is 13. The van der Waals surface area contributed by atoms with Crippen molar-refractivity contribution in [3.63, 3.8) is 0 Å². The SMILES string of the molecule is CC(=O)Cc1ccc(C)cc1-c1c2nc(c(-c3cc(C)ccc3NC(C)=O)c3ccc([nH]3)c(-c3cc(C)ccc3NC(C)=O)c3nc(c(-c4cc(C)ccc4NC(C)=O)c4ccc1[nH]4)C=C3)C=C2.Cc1ccc(N)c(-c2c3nc(c(-c4cc(C)ccc4N)c4ccc([nH]4)c(-c4cc(C)ccc4N)c4nc(c(-c5cc(C)ccc5N)c5ccc2[nH]5)C=C4)C=C3)c1. The second-order valence-electron chi connectivity index (χ2n) is 32.6. The predicted molar refractivity (Wildman–Crippen MR) is 514 cm³/mol. The largest absolute Gasteiger partial charge is 0.398 e. The number of Topliss-reactive ketones (excluding diaryl/α,β-unsaturated/α-hetero) is 1. The summed E-state index contributed by atoms with van der Waals surface area (Å²) in [6.07, 6.45) is 16.4. The van der Waals surface area contributed by atoms with Gasteiger partial charge in [0.1, 0.15) is 5.78 Å². The fraction of sp³-hybridized carbons (Fsp3) is 0.124. The van der Waals surface area contributed by atoms with Gasteiger partial charge in [0.2, 0.25) is 17.7 Å². The minimum absolute atomic E-state index is 0.0278. The van der Waals surface area contributed by atoms with Crippen molar-refractivity contribution in [1.29, 1.82) is 0 Å². The van der Waals surface area contributed by atoms with E-state index >= 15 is 0 Å². The number of aryl methyl sites for hydroxylation is 8. The number of carbonyl (C=O) groups is 4. The molecule has 4 aliphatic rings. The van der Waals surface area contributed by atoms with E-state index in [9.17, 15) is 19.2 Å². The van der Waals surface area contributed by atoms with Crippen molar-refractivity contribution < 1.29 is 19.2 Å². The van der Waals surface area contributed by atoms with Crippen LogP contribution in [-0.2, 0) is 25.6 Å². The molecule has 18 rings (SSSR count). The first kappa shape index (κ1) is 80.6. The Balaban J connectivity index is 0.000000179. The Bertz CT molecular complexity index is 6570. The van der Waals surface area contributed by atoms with Crippen LogP contribution in [0.15, 0.2) is 194 Å². The third-order valence-corrected chi connectivity index (χ3v) is 22.7. The number of nitrogens with one attached hydrogen (secondary N) is 7. The van der Waals surface area contributed by atoms with E-state index in [0.717, 1.165) is 200 Å². The van der Waals surface area contributed by atoms with Crippen molar-refractivity contribution in [2.24, 2.45) is 0 Å². The number of nitrogens with two attached hydrogens (primary N) is 4. The van der Waals surface area contributed by atoms with Crippen molar-refractivity contribution in [3.8, 4) is 89.0 Å². The lowest BCUT2D eigenvalue weighted by Gasteiger charge is -2.14. The Labute approximate surface area is 718 Å². The molecule has 0 saturated carbocycles. The molecule has 10 heterocycles. The van der Waals surface area contributed by atoms with Gasteiger partial charge in [-0.25, -0.2) is 19.9 Å². The lowest BCUT2D eigenvalue weighted by Crippen LogP contribution is -2.07. The normalized spacial score (nSPS) is 11.9. The second-order valence-corrected chi connectivity index (χ2v) is 32.6. The van der Waals surface area contributed by atoms with Crippen molar-refractivity contribution in [3.05, 3.63) is 290 Å². The van der Waals surface area contributed by atoms with E-state index in [0.29, 0.717) is 68.1 Å². The van der Waals surface area contributed by atoms with Crippen LogP contribution in [0.25, 0.3) is 182 Å². The molecule has 16 bridgehead atoms. The molecule has 15 N–H and O–H groups in total. The maximum absolute atomic E-state index is 12.9. The zero-order valence-corrected chi connectivity index (χ0v) is 71.0. The molecule has 0 radical (unpaired) electrons. The number of fused-ring (bicyclic) bond motifs is 16. The topological polar surface area (TPSA) is 323 Å². The fourth-order valence-corrected chi connectivity index (χ4v) is 17.1. The van der Waals surface area contributed by atoms with Gasteiger partial charge in [0.15, 0.2) is 0 Å². The first-order valence-corrected chi connectivity index (χ1v) is 41.2. The van der Waals surface area contributed by atoms with E-state index in [1.165, 1.54) is 20.8 Å². The van der Waals surface area contributed by atoms with Crippen LogP contribution in [0, 0.1) is 55.4 Å². The van der Waals surface area contributed by atoms with Gasteiger partial charge in [-0.1, -0.05) is 105 Å². The third-order valence-electron chi connectivity index (χ3n) is 22.7. The van der Waals surface area contributed by atoms with Crippen LogP contribution in [0.4, 0.5) is 39.8 Å². The number of aromatic amines is 4. The highest BCUT2D eigenvalue weighted by Gasteiger charge is 2.27. The molecular formula is C105H93N15O4. The summed E-state index contributed by atoms with van der Waals surface area (Å²) >= 11 is 0. The number of nitrogen functional groups attached to an aromatic ring is 4. The molecule has 14 aromatic rings. The quantitative estimate of drug-likeness (QED) is 0.0480. The molecule has 3 amide bonds. The van der Waals surface area contributed by atoms with Crippen molar-refractivity contribution in [1.82, 2.24) is 39.9 Å². The molecule has 0 atom stereocenters. The molecule has 0 spiro atoms. The highest BCUT2D eigenvalue weighted by molar-refractivity contribution is 6.09. The zero-order chi connectivity index (χ0) is 86.8. The van der Waals surface area contributed by atoms with E-state index in [-0.39, 0.29) is 29.9 Å².